The molecule has 0 aliphatic rings. The highest BCUT2D eigenvalue weighted by Gasteiger charge is 2.34. The standard InChI is InChI=1S/C5H6O6/c1-5(10,4(8)9)11-3(7)2-6/h2,10H,1H3,(H,8,9). The van der Waals surface area contributed by atoms with Crippen LogP contribution < -0.4 is 0 Å². The van der Waals surface area contributed by atoms with Crippen molar-refractivity contribution in [2.24, 2.45) is 0 Å². The smallest absolute Gasteiger partial charge is 0.376 e. The number of aliphatic hydroxyl groups is 1. The first-order valence-electron chi connectivity index (χ1n) is 2.54. The first-order chi connectivity index (χ1) is 4.90. The fourth-order valence-electron chi connectivity index (χ4n) is 0.264. The quantitative estimate of drug-likeness (QED) is 0.227. The van der Waals surface area contributed by atoms with Crippen molar-refractivity contribution in [3.63, 3.8) is 0 Å². The second kappa shape index (κ2) is 3.11. The summed E-state index contributed by atoms with van der Waals surface area (Å²) in [6, 6.07) is 0. The molecule has 0 aliphatic carbocycles. The summed E-state index contributed by atoms with van der Waals surface area (Å²) in [5, 5.41) is 16.8. The van der Waals surface area contributed by atoms with Crippen molar-refractivity contribution in [2.45, 2.75) is 12.7 Å². The molecule has 6 heteroatoms. The van der Waals surface area contributed by atoms with Crippen LogP contribution in [0, 0.1) is 0 Å². The maximum Gasteiger partial charge on any atom is 0.376 e. The molecule has 11 heavy (non-hydrogen) atoms. The highest BCUT2D eigenvalue weighted by molar-refractivity contribution is 6.20. The summed E-state index contributed by atoms with van der Waals surface area (Å²) in [5.74, 6) is -5.82. The minimum absolute atomic E-state index is 0.239. The number of aldehydes is 1. The number of carbonyl (C=O) groups is 3. The minimum Gasteiger partial charge on any atom is -0.476 e. The lowest BCUT2D eigenvalue weighted by Crippen LogP contribution is -2.40. The van der Waals surface area contributed by atoms with Crippen LogP contribution in [0.15, 0.2) is 0 Å². The van der Waals surface area contributed by atoms with Gasteiger partial charge in [-0.15, -0.1) is 0 Å². The molecule has 0 aliphatic heterocycles. The molecule has 0 heterocycles. The van der Waals surface area contributed by atoms with E-state index in [0.29, 0.717) is 0 Å². The second-order valence-corrected chi connectivity index (χ2v) is 1.83. The van der Waals surface area contributed by atoms with Crippen molar-refractivity contribution in [1.29, 1.82) is 0 Å². The van der Waals surface area contributed by atoms with Crippen LogP contribution in [-0.4, -0.2) is 34.2 Å². The zero-order valence-electron chi connectivity index (χ0n) is 5.60. The summed E-state index contributed by atoms with van der Waals surface area (Å²) in [7, 11) is 0. The van der Waals surface area contributed by atoms with Crippen LogP contribution in [0.2, 0.25) is 0 Å². The number of hydrogen-bond donors (Lipinski definition) is 2. The van der Waals surface area contributed by atoms with Gasteiger partial charge in [-0.25, -0.2) is 9.59 Å². The van der Waals surface area contributed by atoms with Gasteiger partial charge in [-0.1, -0.05) is 0 Å². The molecule has 62 valence electrons. The molecule has 0 rings (SSSR count). The minimum atomic E-state index is -2.64. The van der Waals surface area contributed by atoms with Crippen molar-refractivity contribution in [2.75, 3.05) is 0 Å². The largest absolute Gasteiger partial charge is 0.476 e. The van der Waals surface area contributed by atoms with Crippen LogP contribution >= 0.6 is 0 Å². The number of aliphatic carboxylic acids is 1. The van der Waals surface area contributed by atoms with Crippen molar-refractivity contribution in [3.05, 3.63) is 0 Å². The summed E-state index contributed by atoms with van der Waals surface area (Å²) in [4.78, 5) is 29.8. The summed E-state index contributed by atoms with van der Waals surface area (Å²) in [5.41, 5.74) is 0. The van der Waals surface area contributed by atoms with Gasteiger partial charge < -0.3 is 14.9 Å². The molecular weight excluding hydrogens is 156 g/mol. The van der Waals surface area contributed by atoms with E-state index in [4.69, 9.17) is 10.2 Å². The molecule has 1 unspecified atom stereocenters. The number of hydrogen-bond acceptors (Lipinski definition) is 5. The van der Waals surface area contributed by atoms with E-state index in [1.807, 2.05) is 0 Å². The molecule has 0 radical (unpaired) electrons. The molecule has 0 bridgehead atoms. The fourth-order valence-corrected chi connectivity index (χ4v) is 0.264. The topological polar surface area (TPSA) is 101 Å². The molecule has 0 aromatic heterocycles. The number of esters is 1. The van der Waals surface area contributed by atoms with Crippen molar-refractivity contribution in [1.82, 2.24) is 0 Å². The monoisotopic (exact) mass is 162 g/mol. The van der Waals surface area contributed by atoms with E-state index >= 15 is 0 Å². The van der Waals surface area contributed by atoms with Crippen LogP contribution in [0.5, 0.6) is 0 Å². The zero-order chi connectivity index (χ0) is 9.07. The predicted molar refractivity (Wildman–Crippen MR) is 30.4 cm³/mol. The fraction of sp³-hybridized carbons (Fsp3) is 0.400. The highest BCUT2D eigenvalue weighted by atomic mass is 16.7. The molecule has 6 nitrogen and oxygen atoms in total. The Morgan fingerprint density at radius 2 is 2.00 bits per heavy atom. The lowest BCUT2D eigenvalue weighted by molar-refractivity contribution is -0.215. The van der Waals surface area contributed by atoms with Crippen LogP contribution in [-0.2, 0) is 19.1 Å². The van der Waals surface area contributed by atoms with Gasteiger partial charge in [0.05, 0.1) is 0 Å². The molecule has 0 aromatic rings. The number of carbonyl (C=O) groups excluding carboxylic acids is 2. The molecule has 0 spiro atoms. The van der Waals surface area contributed by atoms with E-state index in [1.54, 1.807) is 0 Å². The molecule has 2 N–H and O–H groups in total. The Kier molecular flexibility index (Phi) is 2.70. The summed E-state index contributed by atoms with van der Waals surface area (Å²) < 4.78 is 3.80. The van der Waals surface area contributed by atoms with Crippen LogP contribution in [0.3, 0.4) is 0 Å². The maximum atomic E-state index is 10.1. The van der Waals surface area contributed by atoms with Gasteiger partial charge in [0.1, 0.15) is 0 Å². The lowest BCUT2D eigenvalue weighted by Gasteiger charge is -2.15. The van der Waals surface area contributed by atoms with Crippen LogP contribution in [0.25, 0.3) is 0 Å². The van der Waals surface area contributed by atoms with Gasteiger partial charge in [0.2, 0.25) is 6.29 Å². The highest BCUT2D eigenvalue weighted by Crippen LogP contribution is 2.04. The maximum absolute atomic E-state index is 10.1. The Morgan fingerprint density at radius 1 is 1.55 bits per heavy atom. The SMILES string of the molecule is CC(O)(OC(=O)C=O)C(=O)O. The van der Waals surface area contributed by atoms with Gasteiger partial charge in [0.25, 0.3) is 0 Å². The van der Waals surface area contributed by atoms with E-state index in [2.05, 4.69) is 4.74 Å². The summed E-state index contributed by atoms with van der Waals surface area (Å²) >= 11 is 0. The Bertz CT molecular complexity index is 193. The molecule has 0 amide bonds. The first kappa shape index (κ1) is 9.57. The average Bonchev–Trinajstić information content (AvgIpc) is 1.86. The molecule has 1 atom stereocenters. The number of ether oxygens (including phenoxy) is 1. The third kappa shape index (κ3) is 2.76. The van der Waals surface area contributed by atoms with E-state index in [1.165, 1.54) is 0 Å². The van der Waals surface area contributed by atoms with E-state index < -0.39 is 17.7 Å². The average molecular weight is 162 g/mol. The summed E-state index contributed by atoms with van der Waals surface area (Å²) in [6.45, 7) is 0.733. The van der Waals surface area contributed by atoms with Crippen LogP contribution in [0.4, 0.5) is 0 Å². The second-order valence-electron chi connectivity index (χ2n) is 1.83. The first-order valence-corrected chi connectivity index (χ1v) is 2.54. The number of carboxylic acids is 1. The van der Waals surface area contributed by atoms with E-state index in [0.717, 1.165) is 6.92 Å². The Labute approximate surface area is 61.4 Å². The van der Waals surface area contributed by atoms with Crippen molar-refractivity contribution >= 4 is 18.2 Å². The van der Waals surface area contributed by atoms with E-state index in [-0.39, 0.29) is 6.29 Å². The predicted octanol–water partition coefficient (Wildman–Crippen LogP) is -1.48. The van der Waals surface area contributed by atoms with Crippen molar-refractivity contribution in [3.8, 4) is 0 Å². The molecule has 0 fully saturated rings. The van der Waals surface area contributed by atoms with Gasteiger partial charge >= 0.3 is 17.7 Å². The Balaban J connectivity index is 4.23. The van der Waals surface area contributed by atoms with Gasteiger partial charge in [-0.2, -0.15) is 0 Å². The van der Waals surface area contributed by atoms with Gasteiger partial charge in [-0.05, 0) is 0 Å². The van der Waals surface area contributed by atoms with Gasteiger partial charge in [0.15, 0.2) is 0 Å². The molecular formula is C5H6O6. The van der Waals surface area contributed by atoms with Gasteiger partial charge in [-0.3, -0.25) is 4.79 Å². The van der Waals surface area contributed by atoms with Gasteiger partial charge in [0, 0.05) is 6.92 Å². The Morgan fingerprint density at radius 3 is 2.27 bits per heavy atom. The van der Waals surface area contributed by atoms with E-state index in [9.17, 15) is 14.4 Å². The third-order valence-corrected chi connectivity index (χ3v) is 0.792. The number of carboxylic acid groups (broad SMARTS) is 1. The number of rotatable bonds is 3. The zero-order valence-corrected chi connectivity index (χ0v) is 5.60. The lowest BCUT2D eigenvalue weighted by atomic mass is 10.3. The molecule has 0 saturated carbocycles. The third-order valence-electron chi connectivity index (χ3n) is 0.792. The molecule has 0 saturated heterocycles. The molecule has 0 aromatic carbocycles. The van der Waals surface area contributed by atoms with Crippen LogP contribution in [0.1, 0.15) is 6.92 Å². The van der Waals surface area contributed by atoms with Crippen molar-refractivity contribution < 1.29 is 29.3 Å². The normalized spacial score (nSPS) is 14.7. The summed E-state index contributed by atoms with van der Waals surface area (Å²) in [6.07, 6.45) is -0.239. The Hall–Kier alpha value is -1.43.